The van der Waals surface area contributed by atoms with Crippen molar-refractivity contribution in [2.24, 2.45) is 0 Å². The van der Waals surface area contributed by atoms with E-state index < -0.39 is 9.04 Å². The maximum absolute atomic E-state index is 6.08. The Bertz CT molecular complexity index is 1470. The first-order chi connectivity index (χ1) is 23.1. The van der Waals surface area contributed by atoms with Crippen molar-refractivity contribution >= 4 is 9.04 Å². The fourth-order valence-corrected chi connectivity index (χ4v) is 5.50. The summed E-state index contributed by atoms with van der Waals surface area (Å²) < 4.78 is 28.8. The van der Waals surface area contributed by atoms with Crippen LogP contribution in [0.25, 0.3) is 11.1 Å². The zero-order valence-electron chi connectivity index (χ0n) is 28.3. The van der Waals surface area contributed by atoms with Crippen LogP contribution in [0.3, 0.4) is 0 Å². The Kier molecular flexibility index (Phi) is 16.0. The molecule has 4 rings (SSSR count). The van der Waals surface area contributed by atoms with Crippen LogP contribution in [-0.4, -0.2) is 42.2 Å². The highest BCUT2D eigenvalue weighted by molar-refractivity contribution is 6.49. The molecule has 1 atom stereocenters. The van der Waals surface area contributed by atoms with Gasteiger partial charge in [-0.25, -0.2) is 0 Å². The molecule has 0 amide bonds. The Labute approximate surface area is 283 Å². The van der Waals surface area contributed by atoms with E-state index in [9.17, 15) is 0 Å². The standard InChI is InChI=1S/C41H50O5Si/c1-4-5-6-10-31-45-39-26-18-36(19-27-39)37-20-28-41(29-21-37)46-40-24-16-35(17-25-40)13-12-34-14-22-38(23-15-34)44-32-11-8-7-9-30-43-33-47(3)42-2/h14-29,47H,4-11,30-33H2,1-3H3. The van der Waals surface area contributed by atoms with E-state index >= 15 is 0 Å². The van der Waals surface area contributed by atoms with Crippen molar-refractivity contribution in [2.45, 2.75) is 64.8 Å². The molecule has 0 heterocycles. The molecule has 0 radical (unpaired) electrons. The van der Waals surface area contributed by atoms with Crippen molar-refractivity contribution in [3.8, 4) is 46.0 Å². The summed E-state index contributed by atoms with van der Waals surface area (Å²) in [6, 6.07) is 32.3. The number of unbranched alkanes of at least 4 members (excludes halogenated alkanes) is 6. The highest BCUT2D eigenvalue weighted by Gasteiger charge is 2.03. The number of hydrogen-bond acceptors (Lipinski definition) is 5. The van der Waals surface area contributed by atoms with Crippen LogP contribution in [-0.2, 0) is 9.16 Å². The molecule has 0 saturated heterocycles. The molecule has 0 aliphatic carbocycles. The van der Waals surface area contributed by atoms with Gasteiger partial charge in [0.2, 0.25) is 0 Å². The summed E-state index contributed by atoms with van der Waals surface area (Å²) in [5.41, 5.74) is 4.17. The Balaban J connectivity index is 1.15. The third kappa shape index (κ3) is 13.7. The minimum absolute atomic E-state index is 0.723. The van der Waals surface area contributed by atoms with Gasteiger partial charge >= 0.3 is 0 Å². The van der Waals surface area contributed by atoms with Gasteiger partial charge < -0.3 is 23.4 Å². The molecule has 0 aromatic heterocycles. The molecule has 0 N–H and O–H groups in total. The lowest BCUT2D eigenvalue weighted by atomic mass is 10.1. The Morgan fingerprint density at radius 3 is 1.43 bits per heavy atom. The average molecular weight is 651 g/mol. The van der Waals surface area contributed by atoms with E-state index in [2.05, 4.69) is 49.6 Å². The van der Waals surface area contributed by atoms with Crippen LogP contribution < -0.4 is 14.2 Å². The first-order valence-corrected chi connectivity index (χ1v) is 19.5. The van der Waals surface area contributed by atoms with E-state index in [4.69, 9.17) is 23.4 Å². The molecule has 47 heavy (non-hydrogen) atoms. The molecule has 0 aliphatic rings. The van der Waals surface area contributed by atoms with E-state index in [-0.39, 0.29) is 0 Å². The lowest BCUT2D eigenvalue weighted by Crippen LogP contribution is -2.19. The van der Waals surface area contributed by atoms with Crippen LogP contribution in [0.15, 0.2) is 97.1 Å². The quantitative estimate of drug-likeness (QED) is 0.0541. The third-order valence-electron chi connectivity index (χ3n) is 7.81. The molecule has 0 saturated carbocycles. The Hall–Kier alpha value is -4.02. The third-order valence-corrected chi connectivity index (χ3v) is 9.32. The monoisotopic (exact) mass is 650 g/mol. The van der Waals surface area contributed by atoms with Crippen molar-refractivity contribution < 1.29 is 23.4 Å². The largest absolute Gasteiger partial charge is 0.494 e. The van der Waals surface area contributed by atoms with Crippen molar-refractivity contribution in [2.75, 3.05) is 33.2 Å². The van der Waals surface area contributed by atoms with Gasteiger partial charge in [-0.2, -0.15) is 0 Å². The number of hydrogen-bond donors (Lipinski definition) is 0. The zero-order valence-corrected chi connectivity index (χ0v) is 29.5. The number of rotatable bonds is 20. The van der Waals surface area contributed by atoms with Gasteiger partial charge in [-0.1, -0.05) is 68.7 Å². The van der Waals surface area contributed by atoms with Crippen molar-refractivity contribution in [3.63, 3.8) is 0 Å². The normalized spacial score (nSPS) is 11.4. The lowest BCUT2D eigenvalue weighted by molar-refractivity contribution is 0.158. The molecule has 0 bridgehead atoms. The topological polar surface area (TPSA) is 46.2 Å². The molecular weight excluding hydrogens is 601 g/mol. The van der Waals surface area contributed by atoms with Gasteiger partial charge in [0.1, 0.15) is 23.0 Å². The predicted molar refractivity (Wildman–Crippen MR) is 195 cm³/mol. The maximum Gasteiger partial charge on any atom is 0.198 e. The summed E-state index contributed by atoms with van der Waals surface area (Å²) in [6.45, 7) is 6.70. The second kappa shape index (κ2) is 21.0. The van der Waals surface area contributed by atoms with Crippen LogP contribution in [0.2, 0.25) is 6.55 Å². The fourth-order valence-electron chi connectivity index (χ4n) is 4.87. The zero-order chi connectivity index (χ0) is 32.9. The smallest absolute Gasteiger partial charge is 0.198 e. The second-order valence-corrected chi connectivity index (χ2v) is 14.2. The van der Waals surface area contributed by atoms with Gasteiger partial charge in [0.15, 0.2) is 9.04 Å². The maximum atomic E-state index is 6.08. The van der Waals surface area contributed by atoms with Gasteiger partial charge in [-0.15, -0.1) is 0 Å². The van der Waals surface area contributed by atoms with Gasteiger partial charge in [-0.3, -0.25) is 0 Å². The van der Waals surface area contributed by atoms with Gasteiger partial charge in [0.25, 0.3) is 0 Å². The van der Waals surface area contributed by atoms with Crippen LogP contribution in [0.5, 0.6) is 23.0 Å². The van der Waals surface area contributed by atoms with E-state index in [1.54, 1.807) is 7.11 Å². The van der Waals surface area contributed by atoms with E-state index in [1.807, 2.05) is 72.8 Å². The van der Waals surface area contributed by atoms with Gasteiger partial charge in [-0.05, 0) is 116 Å². The highest BCUT2D eigenvalue weighted by atomic mass is 28.3. The van der Waals surface area contributed by atoms with E-state index in [0.717, 1.165) is 103 Å². The second-order valence-electron chi connectivity index (χ2n) is 11.7. The van der Waals surface area contributed by atoms with Crippen molar-refractivity contribution in [3.05, 3.63) is 108 Å². The van der Waals surface area contributed by atoms with Crippen molar-refractivity contribution in [1.82, 2.24) is 0 Å². The van der Waals surface area contributed by atoms with Crippen LogP contribution >= 0.6 is 0 Å². The summed E-state index contributed by atoms with van der Waals surface area (Å²) in [7, 11) is 0.675. The molecule has 4 aromatic rings. The van der Waals surface area contributed by atoms with Crippen LogP contribution in [0.1, 0.15) is 69.4 Å². The van der Waals surface area contributed by atoms with Gasteiger partial charge in [0, 0.05) is 24.8 Å². The first-order valence-electron chi connectivity index (χ1n) is 17.1. The summed E-state index contributed by atoms with van der Waals surface area (Å²) in [5, 5.41) is 0. The molecule has 4 aromatic carbocycles. The average Bonchev–Trinajstić information content (AvgIpc) is 3.11. The number of ether oxygens (including phenoxy) is 4. The highest BCUT2D eigenvalue weighted by Crippen LogP contribution is 2.27. The van der Waals surface area contributed by atoms with Gasteiger partial charge in [0.05, 0.1) is 19.4 Å². The summed E-state index contributed by atoms with van der Waals surface area (Å²) in [5.74, 6) is 9.85. The Morgan fingerprint density at radius 2 is 0.936 bits per heavy atom. The predicted octanol–water partition coefficient (Wildman–Crippen LogP) is 10.00. The van der Waals surface area contributed by atoms with Crippen LogP contribution in [0.4, 0.5) is 0 Å². The molecule has 248 valence electrons. The minimum Gasteiger partial charge on any atom is -0.494 e. The van der Waals surface area contributed by atoms with Crippen molar-refractivity contribution in [1.29, 1.82) is 0 Å². The molecular formula is C41H50O5Si. The minimum atomic E-state index is -1.10. The summed E-state index contributed by atoms with van der Waals surface area (Å²) in [6.07, 6.45) is 10.1. The first kappa shape index (κ1) is 35.8. The van der Waals surface area contributed by atoms with Crippen LogP contribution in [0, 0.1) is 11.8 Å². The molecule has 5 nitrogen and oxygen atoms in total. The summed E-state index contributed by atoms with van der Waals surface area (Å²) >= 11 is 0. The molecule has 0 fully saturated rings. The molecule has 0 spiro atoms. The van der Waals surface area contributed by atoms with E-state index in [0.29, 0.717) is 0 Å². The summed E-state index contributed by atoms with van der Waals surface area (Å²) in [4.78, 5) is 0. The fraction of sp³-hybridized carbons (Fsp3) is 0.366. The lowest BCUT2D eigenvalue weighted by Gasteiger charge is -2.09. The molecule has 1 unspecified atom stereocenters. The molecule has 6 heteroatoms. The van der Waals surface area contributed by atoms with E-state index in [1.165, 1.54) is 19.3 Å². The SMILES string of the molecule is CCCCCCOc1ccc(-c2ccc(Oc3ccc(C#Cc4ccc(OCCCCCCOC[SiH](C)OC)cc4)cc3)cc2)cc1. The Morgan fingerprint density at radius 1 is 0.511 bits per heavy atom. The molecule has 0 aliphatic heterocycles. The number of benzene rings is 4.